The van der Waals surface area contributed by atoms with Gasteiger partial charge in [-0.3, -0.25) is 4.79 Å². The highest BCUT2D eigenvalue weighted by Gasteiger charge is 2.14. The molecule has 0 aromatic rings. The third-order valence-corrected chi connectivity index (χ3v) is 2.38. The third kappa shape index (κ3) is 3.10. The minimum absolute atomic E-state index is 0.00793. The van der Waals surface area contributed by atoms with E-state index in [2.05, 4.69) is 5.32 Å². The van der Waals surface area contributed by atoms with E-state index >= 15 is 0 Å². The summed E-state index contributed by atoms with van der Waals surface area (Å²) in [6, 6.07) is 0. The molecule has 0 aromatic heterocycles. The van der Waals surface area contributed by atoms with E-state index in [0.717, 1.165) is 25.8 Å². The molecule has 0 aromatic carbocycles. The lowest BCUT2D eigenvalue weighted by Gasteiger charge is -2.06. The normalized spacial score (nSPS) is 28.1. The van der Waals surface area contributed by atoms with E-state index in [9.17, 15) is 4.79 Å². The summed E-state index contributed by atoms with van der Waals surface area (Å²) >= 11 is 5.80. The largest absolute Gasteiger partial charge is 0.355 e. The van der Waals surface area contributed by atoms with Gasteiger partial charge in [0.25, 0.3) is 0 Å². The number of hydrogen-bond donors (Lipinski definition) is 1. The first-order chi connectivity index (χ1) is 5.30. The van der Waals surface area contributed by atoms with Crippen LogP contribution in [-0.4, -0.2) is 17.8 Å². The van der Waals surface area contributed by atoms with E-state index in [1.54, 1.807) is 0 Å². The Morgan fingerprint density at radius 1 is 1.27 bits per heavy atom. The van der Waals surface area contributed by atoms with Crippen molar-refractivity contribution in [3.63, 3.8) is 0 Å². The summed E-state index contributed by atoms with van der Waals surface area (Å²) in [5.41, 5.74) is 0. The Kier molecular flexibility index (Phi) is 3.70. The van der Waals surface area contributed by atoms with Crippen molar-refractivity contribution in [2.45, 2.75) is 37.5 Å². The highest BCUT2D eigenvalue weighted by atomic mass is 35.5. The quantitative estimate of drug-likeness (QED) is 0.558. The second kappa shape index (κ2) is 4.60. The van der Waals surface area contributed by atoms with Gasteiger partial charge in [-0.1, -0.05) is 19.3 Å². The molecule has 0 spiro atoms. The molecule has 0 aliphatic carbocycles. The topological polar surface area (TPSA) is 29.1 Å². The summed E-state index contributed by atoms with van der Waals surface area (Å²) in [5.74, 6) is 0.00793. The number of alkyl halides is 1. The SMILES string of the molecule is O=C1NCCCCCCC1Cl. The predicted molar refractivity (Wildman–Crippen MR) is 45.7 cm³/mol. The zero-order valence-electron chi connectivity index (χ0n) is 6.61. The average Bonchev–Trinajstić information content (AvgIpc) is 2.07. The molecule has 1 atom stereocenters. The monoisotopic (exact) mass is 175 g/mol. The minimum Gasteiger partial charge on any atom is -0.355 e. The van der Waals surface area contributed by atoms with E-state index in [1.165, 1.54) is 12.8 Å². The van der Waals surface area contributed by atoms with Crippen molar-refractivity contribution >= 4 is 17.5 Å². The molecule has 1 unspecified atom stereocenters. The van der Waals surface area contributed by atoms with Gasteiger partial charge in [0.15, 0.2) is 0 Å². The summed E-state index contributed by atoms with van der Waals surface area (Å²) in [6.45, 7) is 0.794. The van der Waals surface area contributed by atoms with Crippen molar-refractivity contribution in [3.05, 3.63) is 0 Å². The molecule has 11 heavy (non-hydrogen) atoms. The van der Waals surface area contributed by atoms with Crippen molar-refractivity contribution in [2.24, 2.45) is 0 Å². The lowest BCUT2D eigenvalue weighted by atomic mass is 10.1. The van der Waals surface area contributed by atoms with E-state index in [0.29, 0.717) is 0 Å². The minimum atomic E-state index is -0.298. The fourth-order valence-electron chi connectivity index (χ4n) is 1.26. The third-order valence-electron chi connectivity index (χ3n) is 1.97. The van der Waals surface area contributed by atoms with Crippen LogP contribution >= 0.6 is 11.6 Å². The van der Waals surface area contributed by atoms with Crippen LogP contribution < -0.4 is 5.32 Å². The number of amides is 1. The Hall–Kier alpha value is -0.240. The summed E-state index contributed by atoms with van der Waals surface area (Å²) in [5, 5.41) is 2.51. The van der Waals surface area contributed by atoms with Gasteiger partial charge < -0.3 is 5.32 Å². The van der Waals surface area contributed by atoms with Gasteiger partial charge in [0.2, 0.25) is 5.91 Å². The zero-order chi connectivity index (χ0) is 8.10. The lowest BCUT2D eigenvalue weighted by Crippen LogP contribution is -2.31. The molecule has 1 fully saturated rings. The number of carbonyl (C=O) groups excluding carboxylic acids is 1. The standard InChI is InChI=1S/C8H14ClNO/c9-7-5-3-1-2-4-6-10-8(7)11/h7H,1-6H2,(H,10,11). The average molecular weight is 176 g/mol. The molecule has 3 heteroatoms. The van der Waals surface area contributed by atoms with Gasteiger partial charge in [-0.25, -0.2) is 0 Å². The Morgan fingerprint density at radius 2 is 2.00 bits per heavy atom. The molecule has 1 N–H and O–H groups in total. The van der Waals surface area contributed by atoms with Gasteiger partial charge in [0, 0.05) is 6.54 Å². The van der Waals surface area contributed by atoms with Gasteiger partial charge in [0.05, 0.1) is 0 Å². The smallest absolute Gasteiger partial charge is 0.238 e. The van der Waals surface area contributed by atoms with E-state index in [1.807, 2.05) is 0 Å². The van der Waals surface area contributed by atoms with Crippen LogP contribution in [0.5, 0.6) is 0 Å². The van der Waals surface area contributed by atoms with Crippen molar-refractivity contribution in [1.82, 2.24) is 5.32 Å². The van der Waals surface area contributed by atoms with E-state index in [-0.39, 0.29) is 11.3 Å². The number of halogens is 1. The van der Waals surface area contributed by atoms with Crippen LogP contribution in [-0.2, 0) is 4.79 Å². The van der Waals surface area contributed by atoms with Gasteiger partial charge in [0.1, 0.15) is 5.38 Å². The predicted octanol–water partition coefficient (Wildman–Crippen LogP) is 1.67. The summed E-state index contributed by atoms with van der Waals surface area (Å²) in [7, 11) is 0. The fourth-order valence-corrected chi connectivity index (χ4v) is 1.49. The molecule has 0 saturated carbocycles. The summed E-state index contributed by atoms with van der Waals surface area (Å²) in [6.07, 6.45) is 5.42. The van der Waals surface area contributed by atoms with Crippen LogP contribution in [0.3, 0.4) is 0 Å². The molecule has 1 saturated heterocycles. The van der Waals surface area contributed by atoms with Crippen LogP contribution in [0.4, 0.5) is 0 Å². The van der Waals surface area contributed by atoms with Crippen LogP contribution in [0.15, 0.2) is 0 Å². The van der Waals surface area contributed by atoms with Crippen molar-refractivity contribution in [1.29, 1.82) is 0 Å². The summed E-state index contributed by atoms with van der Waals surface area (Å²) in [4.78, 5) is 11.1. The van der Waals surface area contributed by atoms with Crippen LogP contribution in [0.1, 0.15) is 32.1 Å². The highest BCUT2D eigenvalue weighted by molar-refractivity contribution is 6.30. The summed E-state index contributed by atoms with van der Waals surface area (Å²) < 4.78 is 0. The second-order valence-corrected chi connectivity index (χ2v) is 3.49. The Balaban J connectivity index is 2.35. The Bertz CT molecular complexity index is 138. The lowest BCUT2D eigenvalue weighted by molar-refractivity contribution is -0.120. The van der Waals surface area contributed by atoms with Gasteiger partial charge in [-0.2, -0.15) is 0 Å². The van der Waals surface area contributed by atoms with E-state index in [4.69, 9.17) is 11.6 Å². The Labute approximate surface area is 72.3 Å². The second-order valence-electron chi connectivity index (χ2n) is 2.96. The Morgan fingerprint density at radius 3 is 2.82 bits per heavy atom. The highest BCUT2D eigenvalue weighted by Crippen LogP contribution is 2.12. The molecular weight excluding hydrogens is 162 g/mol. The molecule has 64 valence electrons. The maximum Gasteiger partial charge on any atom is 0.238 e. The number of hydrogen-bond acceptors (Lipinski definition) is 1. The molecule has 1 aliphatic rings. The van der Waals surface area contributed by atoms with E-state index < -0.39 is 0 Å². The van der Waals surface area contributed by atoms with Crippen LogP contribution in [0.25, 0.3) is 0 Å². The number of carbonyl (C=O) groups is 1. The van der Waals surface area contributed by atoms with Crippen LogP contribution in [0, 0.1) is 0 Å². The molecule has 1 aliphatic heterocycles. The molecular formula is C8H14ClNO. The molecule has 1 heterocycles. The molecule has 1 amide bonds. The molecule has 0 radical (unpaired) electrons. The first-order valence-electron chi connectivity index (χ1n) is 4.22. The van der Waals surface area contributed by atoms with Gasteiger partial charge in [-0.05, 0) is 12.8 Å². The molecule has 2 nitrogen and oxygen atoms in total. The van der Waals surface area contributed by atoms with Gasteiger partial charge in [-0.15, -0.1) is 11.6 Å². The van der Waals surface area contributed by atoms with Crippen molar-refractivity contribution < 1.29 is 4.79 Å². The fraction of sp³-hybridized carbons (Fsp3) is 0.875. The maximum absolute atomic E-state index is 11.1. The zero-order valence-corrected chi connectivity index (χ0v) is 7.36. The first-order valence-corrected chi connectivity index (χ1v) is 4.66. The van der Waals surface area contributed by atoms with Crippen molar-refractivity contribution in [2.75, 3.05) is 6.54 Å². The number of nitrogens with one attached hydrogen (secondary N) is 1. The number of rotatable bonds is 0. The van der Waals surface area contributed by atoms with Crippen LogP contribution in [0.2, 0.25) is 0 Å². The van der Waals surface area contributed by atoms with Gasteiger partial charge >= 0.3 is 0 Å². The van der Waals surface area contributed by atoms with Crippen molar-refractivity contribution in [3.8, 4) is 0 Å². The first kappa shape index (κ1) is 8.85. The molecule has 1 rings (SSSR count). The molecule has 0 bridgehead atoms. The maximum atomic E-state index is 11.1.